The molecule has 2 aliphatic rings. The van der Waals surface area contributed by atoms with Crippen molar-refractivity contribution in [3.63, 3.8) is 0 Å². The zero-order valence-corrected chi connectivity index (χ0v) is 22.9. The Bertz CT molecular complexity index is 1420. The average Bonchev–Trinajstić information content (AvgIpc) is 3.48. The molecule has 14 heteroatoms. The molecule has 0 spiro atoms. The summed E-state index contributed by atoms with van der Waals surface area (Å²) in [6.45, 7) is 1.67. The summed E-state index contributed by atoms with van der Waals surface area (Å²) in [5, 5.41) is 0.321. The van der Waals surface area contributed by atoms with Crippen molar-refractivity contribution in [3.05, 3.63) is 63.6 Å². The van der Waals surface area contributed by atoms with Crippen LogP contribution in [0, 0.1) is 0 Å². The molecule has 0 bridgehead atoms. The van der Waals surface area contributed by atoms with Crippen molar-refractivity contribution < 1.29 is 54.6 Å². The van der Waals surface area contributed by atoms with E-state index in [2.05, 4.69) is 4.99 Å². The van der Waals surface area contributed by atoms with Crippen molar-refractivity contribution in [1.29, 1.82) is 0 Å². The fraction of sp³-hybridized carbons (Fsp3) is 0.370. The second kappa shape index (κ2) is 11.4. The van der Waals surface area contributed by atoms with Crippen molar-refractivity contribution in [3.8, 4) is 11.5 Å². The summed E-state index contributed by atoms with van der Waals surface area (Å²) < 4.78 is 95.0. The molecule has 2 aromatic carbocycles. The number of rotatable bonds is 5. The lowest BCUT2D eigenvalue weighted by Crippen LogP contribution is -2.57. The quantitative estimate of drug-likeness (QED) is 0.207. The number of hydrogen-bond donors (Lipinski definition) is 0. The molecular weight excluding hydrogens is 578 g/mol. The molecule has 2 atom stereocenters. The lowest BCUT2D eigenvalue weighted by atomic mass is 10.0. The van der Waals surface area contributed by atoms with Crippen molar-refractivity contribution >= 4 is 35.0 Å². The van der Waals surface area contributed by atoms with Gasteiger partial charge in [0.25, 0.3) is 11.1 Å². The van der Waals surface area contributed by atoms with Crippen LogP contribution in [0.5, 0.6) is 11.5 Å². The number of alkyl halides is 6. The van der Waals surface area contributed by atoms with Crippen LogP contribution in [0.2, 0.25) is 0 Å². The molecule has 2 aromatic rings. The standard InChI is InChI=1S/C27H25F6N2O5S/c1-15-5-4-10-35(15,25(37)39-3)24-34-23(36)22(41-24)12-16-6-9-20(21(11-16)38-2)40-14-17-7-8-18(26(28,29)30)13-19(17)27(31,32)33/h6-9,11-13,15H,4-5,10,14H2,1-3H3/q+1/t15-,35?/m1/s1. The highest BCUT2D eigenvalue weighted by Crippen LogP contribution is 2.41. The van der Waals surface area contributed by atoms with E-state index in [0.29, 0.717) is 23.3 Å². The maximum absolute atomic E-state index is 13.5. The monoisotopic (exact) mass is 603 g/mol. The molecule has 41 heavy (non-hydrogen) atoms. The normalized spacial score (nSPS) is 22.2. The third-order valence-corrected chi connectivity index (χ3v) is 8.06. The van der Waals surface area contributed by atoms with Crippen LogP contribution in [0.1, 0.15) is 42.0 Å². The van der Waals surface area contributed by atoms with Gasteiger partial charge in [0, 0.05) is 18.4 Å². The highest BCUT2D eigenvalue weighted by Gasteiger charge is 2.54. The van der Waals surface area contributed by atoms with Crippen molar-refractivity contribution in [1.82, 2.24) is 0 Å². The minimum atomic E-state index is -5.03. The van der Waals surface area contributed by atoms with Gasteiger partial charge in [0.15, 0.2) is 11.5 Å². The molecule has 2 amide bonds. The van der Waals surface area contributed by atoms with Crippen molar-refractivity contribution in [2.24, 2.45) is 4.99 Å². The SMILES string of the molecule is COC(=O)[N+]1(C2=NC(=O)C(=Cc3ccc(OCc4ccc(C(F)(F)F)cc4C(F)(F)F)c(OC)c3)S2)CCC[C@H]1C. The third kappa shape index (κ3) is 6.08. The minimum absolute atomic E-state index is 0.0334. The Morgan fingerprint density at radius 3 is 2.39 bits per heavy atom. The zero-order valence-electron chi connectivity index (χ0n) is 22.1. The first-order valence-electron chi connectivity index (χ1n) is 12.3. The lowest BCUT2D eigenvalue weighted by molar-refractivity contribution is -0.773. The lowest BCUT2D eigenvalue weighted by Gasteiger charge is -2.31. The molecule has 0 N–H and O–H groups in total. The van der Waals surface area contributed by atoms with Gasteiger partial charge in [-0.15, -0.1) is 4.99 Å². The van der Waals surface area contributed by atoms with Gasteiger partial charge in [-0.25, -0.2) is 0 Å². The number of nitrogens with zero attached hydrogens (tertiary/aromatic N) is 2. The van der Waals surface area contributed by atoms with Gasteiger partial charge >= 0.3 is 18.4 Å². The average molecular weight is 604 g/mol. The molecule has 220 valence electrons. The smallest absolute Gasteiger partial charge is 0.493 e. The zero-order chi connectivity index (χ0) is 30.2. The summed E-state index contributed by atoms with van der Waals surface area (Å²) in [5.41, 5.74) is -2.89. The first kappa shape index (κ1) is 30.4. The molecule has 1 saturated heterocycles. The van der Waals surface area contributed by atoms with Gasteiger partial charge in [-0.1, -0.05) is 12.1 Å². The van der Waals surface area contributed by atoms with Gasteiger partial charge in [0.05, 0.1) is 36.8 Å². The van der Waals surface area contributed by atoms with Crippen LogP contribution in [0.3, 0.4) is 0 Å². The van der Waals surface area contributed by atoms with E-state index in [9.17, 15) is 35.9 Å². The molecule has 0 aromatic heterocycles. The topological polar surface area (TPSA) is 74.2 Å². The predicted octanol–water partition coefficient (Wildman–Crippen LogP) is 7.05. The van der Waals surface area contributed by atoms with E-state index < -0.39 is 47.7 Å². The molecule has 0 radical (unpaired) electrons. The van der Waals surface area contributed by atoms with Crippen LogP contribution in [-0.2, 0) is 28.5 Å². The Labute approximate surface area is 235 Å². The van der Waals surface area contributed by atoms with Crippen LogP contribution in [0.15, 0.2) is 46.3 Å². The Balaban J connectivity index is 1.55. The van der Waals surface area contributed by atoms with Gasteiger partial charge in [-0.05, 0) is 54.6 Å². The number of ether oxygens (including phenoxy) is 3. The Kier molecular flexibility index (Phi) is 8.46. The van der Waals surface area contributed by atoms with Crippen molar-refractivity contribution in [2.45, 2.75) is 44.8 Å². The summed E-state index contributed by atoms with van der Waals surface area (Å²) in [5.74, 6) is -0.388. The number of halogens is 6. The number of benzene rings is 2. The van der Waals surface area contributed by atoms with Gasteiger partial charge in [0.2, 0.25) is 0 Å². The highest BCUT2D eigenvalue weighted by molar-refractivity contribution is 8.18. The minimum Gasteiger partial charge on any atom is -0.493 e. The van der Waals surface area contributed by atoms with Gasteiger partial charge in [-0.3, -0.25) is 4.79 Å². The molecule has 2 heterocycles. The summed E-state index contributed by atoms with van der Waals surface area (Å²) in [7, 11) is 2.58. The maximum atomic E-state index is 13.5. The number of aliphatic imine (C=N–C) groups is 1. The number of carbonyl (C=O) groups excluding carboxylic acids is 2. The number of methoxy groups -OCH3 is 2. The molecule has 2 aliphatic heterocycles. The molecule has 7 nitrogen and oxygen atoms in total. The van der Waals surface area contributed by atoms with E-state index in [4.69, 9.17) is 14.2 Å². The molecule has 0 aliphatic carbocycles. The van der Waals surface area contributed by atoms with Crippen LogP contribution < -0.4 is 9.47 Å². The summed E-state index contributed by atoms with van der Waals surface area (Å²) in [4.78, 5) is 29.8. The van der Waals surface area contributed by atoms with E-state index >= 15 is 0 Å². The molecule has 1 fully saturated rings. The Morgan fingerprint density at radius 2 is 1.80 bits per heavy atom. The van der Waals surface area contributed by atoms with Crippen molar-refractivity contribution in [2.75, 3.05) is 20.8 Å². The first-order chi connectivity index (χ1) is 19.2. The number of likely N-dealkylation sites (tertiary alicyclic amines) is 1. The van der Waals surface area contributed by atoms with Crippen LogP contribution >= 0.6 is 11.8 Å². The number of thioether (sulfide) groups is 1. The van der Waals surface area contributed by atoms with Gasteiger partial charge in [-0.2, -0.15) is 35.6 Å². The Morgan fingerprint density at radius 1 is 1.07 bits per heavy atom. The van der Waals surface area contributed by atoms with E-state index in [1.54, 1.807) is 0 Å². The largest absolute Gasteiger partial charge is 0.522 e. The number of quaternary nitrogens is 1. The molecule has 4 rings (SSSR count). The fourth-order valence-corrected chi connectivity index (χ4v) is 5.95. The highest BCUT2D eigenvalue weighted by atomic mass is 32.2. The Hall–Kier alpha value is -3.52. The summed E-state index contributed by atoms with van der Waals surface area (Å²) >= 11 is 1.06. The third-order valence-electron chi connectivity index (χ3n) is 6.95. The fourth-order valence-electron chi connectivity index (χ4n) is 4.78. The van der Waals surface area contributed by atoms with E-state index in [-0.39, 0.29) is 33.0 Å². The van der Waals surface area contributed by atoms with Gasteiger partial charge < -0.3 is 14.2 Å². The molecule has 0 saturated carbocycles. The molecular formula is C27H25F6N2O5S+. The molecule has 1 unspecified atom stereocenters. The second-order valence-electron chi connectivity index (χ2n) is 9.43. The van der Waals surface area contributed by atoms with Gasteiger partial charge in [0.1, 0.15) is 12.6 Å². The number of amides is 2. The van der Waals surface area contributed by atoms with E-state index in [1.165, 1.54) is 38.5 Å². The van der Waals surface area contributed by atoms with E-state index in [0.717, 1.165) is 30.7 Å². The first-order valence-corrected chi connectivity index (χ1v) is 13.1. The number of hydrogen-bond acceptors (Lipinski definition) is 6. The summed E-state index contributed by atoms with van der Waals surface area (Å²) in [6.07, 6.45) is -7.42. The van der Waals surface area contributed by atoms with Crippen LogP contribution in [0.25, 0.3) is 6.08 Å². The second-order valence-corrected chi connectivity index (χ2v) is 10.4. The van der Waals surface area contributed by atoms with E-state index in [1.807, 2.05) is 6.92 Å². The maximum Gasteiger partial charge on any atom is 0.522 e. The predicted molar refractivity (Wildman–Crippen MR) is 138 cm³/mol. The number of carbonyl (C=O) groups is 2. The summed E-state index contributed by atoms with van der Waals surface area (Å²) in [6, 6.07) is 5.61. The van der Waals surface area contributed by atoms with Crippen LogP contribution in [0.4, 0.5) is 31.1 Å². The van der Waals surface area contributed by atoms with Crippen LogP contribution in [-0.4, -0.2) is 48.5 Å². The number of amidine groups is 1.